The molecule has 0 saturated carbocycles. The molecule has 1 amide bonds. The Balaban J connectivity index is 2.33. The molecule has 2 aromatic carbocycles. The van der Waals surface area contributed by atoms with E-state index in [1.54, 1.807) is 24.3 Å². The van der Waals surface area contributed by atoms with Crippen LogP contribution in [-0.2, 0) is 0 Å². The predicted molar refractivity (Wildman–Crippen MR) is 86.8 cm³/mol. The highest BCUT2D eigenvalue weighted by atomic mass is 127. The lowest BCUT2D eigenvalue weighted by Gasteiger charge is -2.08. The molecule has 0 aliphatic carbocycles. The molecule has 0 unspecified atom stereocenters. The van der Waals surface area contributed by atoms with Gasteiger partial charge in [0.25, 0.3) is 11.6 Å². The van der Waals surface area contributed by atoms with Crippen molar-refractivity contribution in [2.24, 2.45) is 0 Å². The maximum absolute atomic E-state index is 12.2. The molecule has 0 bridgehead atoms. The van der Waals surface area contributed by atoms with Crippen LogP contribution in [0.1, 0.15) is 10.4 Å². The number of carbonyl (C=O) groups is 1. The molecule has 0 saturated heterocycles. The number of halogens is 1. The maximum Gasteiger partial charge on any atom is 0.296 e. The van der Waals surface area contributed by atoms with Crippen molar-refractivity contribution in [3.63, 3.8) is 0 Å². The molecule has 0 aliphatic rings. The van der Waals surface area contributed by atoms with E-state index in [0.29, 0.717) is 11.3 Å². The molecular formula is C14H11IN2O4. The number of benzene rings is 2. The summed E-state index contributed by atoms with van der Waals surface area (Å²) in [5.74, 6) is -0.0396. The molecule has 0 aromatic heterocycles. The van der Waals surface area contributed by atoms with Gasteiger partial charge < -0.3 is 10.1 Å². The molecule has 1 N–H and O–H groups in total. The Morgan fingerprint density at radius 2 is 2.00 bits per heavy atom. The second-order valence-corrected chi connectivity index (χ2v) is 5.24. The van der Waals surface area contributed by atoms with Crippen LogP contribution in [0.15, 0.2) is 42.5 Å². The average Bonchev–Trinajstić information content (AvgIpc) is 2.47. The number of rotatable bonds is 4. The number of nitro benzene ring substituents is 1. The van der Waals surface area contributed by atoms with Gasteiger partial charge in [-0.3, -0.25) is 14.9 Å². The number of hydrogen-bond donors (Lipinski definition) is 1. The summed E-state index contributed by atoms with van der Waals surface area (Å²) >= 11 is 2.04. The van der Waals surface area contributed by atoms with E-state index in [0.717, 1.165) is 3.57 Å². The Labute approximate surface area is 134 Å². The second kappa shape index (κ2) is 6.53. The molecule has 108 valence electrons. The fourth-order valence-corrected chi connectivity index (χ4v) is 2.36. The largest absolute Gasteiger partial charge is 0.496 e. The van der Waals surface area contributed by atoms with Crippen LogP contribution < -0.4 is 10.1 Å². The summed E-state index contributed by atoms with van der Waals surface area (Å²) in [6.07, 6.45) is 0. The molecule has 7 heteroatoms. The minimum atomic E-state index is -0.561. The highest BCUT2D eigenvalue weighted by Gasteiger charge is 2.18. The van der Waals surface area contributed by atoms with Crippen LogP contribution in [0.3, 0.4) is 0 Å². The summed E-state index contributed by atoms with van der Waals surface area (Å²) in [6.45, 7) is 0. The van der Waals surface area contributed by atoms with Crippen LogP contribution in [0.4, 0.5) is 11.4 Å². The van der Waals surface area contributed by atoms with Crippen molar-refractivity contribution >= 4 is 39.9 Å². The quantitative estimate of drug-likeness (QED) is 0.486. The minimum Gasteiger partial charge on any atom is -0.496 e. The monoisotopic (exact) mass is 398 g/mol. The number of nitrogens with one attached hydrogen (secondary N) is 1. The van der Waals surface area contributed by atoms with Crippen molar-refractivity contribution < 1.29 is 14.5 Å². The molecule has 0 radical (unpaired) electrons. The third-order valence-corrected chi connectivity index (χ3v) is 3.71. The van der Waals surface area contributed by atoms with E-state index >= 15 is 0 Å². The van der Waals surface area contributed by atoms with E-state index < -0.39 is 10.8 Å². The maximum atomic E-state index is 12.2. The fraction of sp³-hybridized carbons (Fsp3) is 0.0714. The number of ether oxygens (including phenoxy) is 1. The summed E-state index contributed by atoms with van der Waals surface area (Å²) in [6, 6.07) is 11.3. The Bertz CT molecular complexity index is 703. The van der Waals surface area contributed by atoms with Crippen LogP contribution in [0.25, 0.3) is 0 Å². The van der Waals surface area contributed by atoms with Gasteiger partial charge in [-0.05, 0) is 46.9 Å². The third-order valence-electron chi connectivity index (χ3n) is 2.77. The molecule has 0 fully saturated rings. The van der Waals surface area contributed by atoms with Gasteiger partial charge in [-0.15, -0.1) is 0 Å². The molecule has 0 aliphatic heterocycles. The number of nitrogens with zero attached hydrogens (tertiary/aromatic N) is 1. The van der Waals surface area contributed by atoms with Crippen LogP contribution in [0.5, 0.6) is 5.75 Å². The zero-order chi connectivity index (χ0) is 15.4. The predicted octanol–water partition coefficient (Wildman–Crippen LogP) is 3.46. The Kier molecular flexibility index (Phi) is 4.73. The highest BCUT2D eigenvalue weighted by Crippen LogP contribution is 2.29. The first-order valence-electron chi connectivity index (χ1n) is 5.91. The Hall–Kier alpha value is -2.16. The molecular weight excluding hydrogens is 387 g/mol. The summed E-state index contributed by atoms with van der Waals surface area (Å²) < 4.78 is 5.72. The molecule has 2 aromatic rings. The highest BCUT2D eigenvalue weighted by molar-refractivity contribution is 14.1. The van der Waals surface area contributed by atoms with E-state index in [4.69, 9.17) is 4.74 Å². The number of carbonyl (C=O) groups excluding carboxylic acids is 1. The average molecular weight is 398 g/mol. The van der Waals surface area contributed by atoms with Gasteiger partial charge in [0, 0.05) is 3.57 Å². The Morgan fingerprint density at radius 3 is 2.62 bits per heavy atom. The number of amides is 1. The summed E-state index contributed by atoms with van der Waals surface area (Å²) in [7, 11) is 1.42. The number of nitro groups is 1. The van der Waals surface area contributed by atoms with Gasteiger partial charge in [0.05, 0.1) is 23.7 Å². The van der Waals surface area contributed by atoms with Crippen molar-refractivity contribution in [2.45, 2.75) is 0 Å². The van der Waals surface area contributed by atoms with E-state index in [1.165, 1.54) is 19.2 Å². The van der Waals surface area contributed by atoms with Crippen LogP contribution in [0.2, 0.25) is 0 Å². The smallest absolute Gasteiger partial charge is 0.296 e. The molecule has 0 heterocycles. The first kappa shape index (κ1) is 15.2. The topological polar surface area (TPSA) is 81.5 Å². The van der Waals surface area contributed by atoms with Gasteiger partial charge in [-0.25, -0.2) is 0 Å². The van der Waals surface area contributed by atoms with E-state index in [-0.39, 0.29) is 11.4 Å². The van der Waals surface area contributed by atoms with Crippen LogP contribution in [0, 0.1) is 13.7 Å². The number of anilines is 1. The minimum absolute atomic E-state index is 0.130. The lowest BCUT2D eigenvalue weighted by Crippen LogP contribution is -2.14. The van der Waals surface area contributed by atoms with Crippen molar-refractivity contribution in [1.82, 2.24) is 0 Å². The first-order valence-corrected chi connectivity index (χ1v) is 6.99. The van der Waals surface area contributed by atoms with E-state index in [1.807, 2.05) is 28.7 Å². The molecule has 21 heavy (non-hydrogen) atoms. The van der Waals surface area contributed by atoms with Crippen molar-refractivity contribution in [2.75, 3.05) is 12.4 Å². The van der Waals surface area contributed by atoms with Crippen LogP contribution in [-0.4, -0.2) is 17.9 Å². The number of hydrogen-bond acceptors (Lipinski definition) is 4. The van der Waals surface area contributed by atoms with Crippen LogP contribution >= 0.6 is 22.6 Å². The molecule has 6 nitrogen and oxygen atoms in total. The van der Waals surface area contributed by atoms with E-state index in [9.17, 15) is 14.9 Å². The van der Waals surface area contributed by atoms with E-state index in [2.05, 4.69) is 5.32 Å². The van der Waals surface area contributed by atoms with Crippen molar-refractivity contribution in [3.05, 3.63) is 61.7 Å². The molecule has 0 spiro atoms. The lowest BCUT2D eigenvalue weighted by molar-refractivity contribution is -0.384. The summed E-state index contributed by atoms with van der Waals surface area (Å²) in [4.78, 5) is 22.7. The third kappa shape index (κ3) is 3.48. The molecule has 0 atom stereocenters. The van der Waals surface area contributed by atoms with Crippen molar-refractivity contribution in [1.29, 1.82) is 0 Å². The zero-order valence-corrected chi connectivity index (χ0v) is 13.2. The second-order valence-electron chi connectivity index (χ2n) is 4.07. The Morgan fingerprint density at radius 1 is 1.29 bits per heavy atom. The first-order chi connectivity index (χ1) is 10.0. The zero-order valence-electron chi connectivity index (χ0n) is 11.0. The van der Waals surface area contributed by atoms with Gasteiger partial charge in [0.1, 0.15) is 11.4 Å². The van der Waals surface area contributed by atoms with Gasteiger partial charge in [0.15, 0.2) is 0 Å². The summed E-state index contributed by atoms with van der Waals surface area (Å²) in [5, 5.41) is 13.6. The van der Waals surface area contributed by atoms with Gasteiger partial charge in [-0.2, -0.15) is 0 Å². The van der Waals surface area contributed by atoms with Crippen molar-refractivity contribution in [3.8, 4) is 5.75 Å². The normalized spacial score (nSPS) is 10.0. The fourth-order valence-electron chi connectivity index (χ4n) is 1.73. The lowest BCUT2D eigenvalue weighted by atomic mass is 10.2. The molecule has 2 rings (SSSR count). The van der Waals surface area contributed by atoms with Gasteiger partial charge >= 0.3 is 0 Å². The number of methoxy groups -OCH3 is 1. The van der Waals surface area contributed by atoms with Gasteiger partial charge in [-0.1, -0.05) is 12.1 Å². The van der Waals surface area contributed by atoms with Gasteiger partial charge in [0.2, 0.25) is 0 Å². The SMILES string of the molecule is COc1ccc(NC(=O)c2ccccc2I)c([N+](=O)[O-])c1. The standard InChI is InChI=1S/C14H11IN2O4/c1-21-9-6-7-12(13(8-9)17(19)20)16-14(18)10-4-2-3-5-11(10)15/h2-8H,1H3,(H,16,18). The summed E-state index contributed by atoms with van der Waals surface area (Å²) in [5.41, 5.74) is 0.377.